The average Bonchev–Trinajstić information content (AvgIpc) is 2.66. The Morgan fingerprint density at radius 3 is 3.13 bits per heavy atom. The van der Waals surface area contributed by atoms with Crippen LogP contribution >= 0.6 is 0 Å². The molecule has 0 aliphatic carbocycles. The van der Waals surface area contributed by atoms with Gasteiger partial charge in [0.25, 0.3) is 0 Å². The number of rotatable bonds is 3. The summed E-state index contributed by atoms with van der Waals surface area (Å²) in [5, 5.41) is 0. The molecule has 82 valence electrons. The van der Waals surface area contributed by atoms with Crippen LogP contribution < -0.4 is 4.90 Å². The number of aromatic nitrogens is 2. The minimum Gasteiger partial charge on any atom is -0.378 e. The third-order valence-corrected chi connectivity index (χ3v) is 2.70. The Kier molecular flexibility index (Phi) is 3.16. The van der Waals surface area contributed by atoms with Crippen molar-refractivity contribution in [2.45, 2.75) is 20.0 Å². The molecule has 4 nitrogen and oxygen atoms in total. The summed E-state index contributed by atoms with van der Waals surface area (Å²) in [6, 6.07) is 1.90. The standard InChI is InChI=1S/C11H17N3O/c1-9-4-6-14(7-9)11-12-5-3-10(13-11)8-15-2/h3,5,9H,4,6-8H2,1-2H3. The van der Waals surface area contributed by atoms with E-state index in [4.69, 9.17) is 4.74 Å². The Morgan fingerprint density at radius 2 is 2.47 bits per heavy atom. The molecule has 0 spiro atoms. The zero-order valence-corrected chi connectivity index (χ0v) is 9.31. The lowest BCUT2D eigenvalue weighted by atomic mass is 10.2. The van der Waals surface area contributed by atoms with E-state index in [1.165, 1.54) is 6.42 Å². The molecular weight excluding hydrogens is 190 g/mol. The second-order valence-electron chi connectivity index (χ2n) is 4.12. The molecule has 0 saturated carbocycles. The molecular formula is C11H17N3O. The second-order valence-corrected chi connectivity index (χ2v) is 4.12. The van der Waals surface area contributed by atoms with E-state index in [0.717, 1.165) is 30.6 Å². The molecule has 15 heavy (non-hydrogen) atoms. The highest BCUT2D eigenvalue weighted by atomic mass is 16.5. The number of nitrogens with zero attached hydrogens (tertiary/aromatic N) is 3. The lowest BCUT2D eigenvalue weighted by molar-refractivity contribution is 0.181. The van der Waals surface area contributed by atoms with Crippen molar-refractivity contribution in [3.63, 3.8) is 0 Å². The van der Waals surface area contributed by atoms with Crippen LogP contribution in [-0.2, 0) is 11.3 Å². The van der Waals surface area contributed by atoms with E-state index >= 15 is 0 Å². The van der Waals surface area contributed by atoms with Gasteiger partial charge in [-0.3, -0.25) is 0 Å². The van der Waals surface area contributed by atoms with Gasteiger partial charge in [-0.2, -0.15) is 0 Å². The lowest BCUT2D eigenvalue weighted by Gasteiger charge is -2.15. The van der Waals surface area contributed by atoms with Crippen molar-refractivity contribution in [1.82, 2.24) is 9.97 Å². The molecule has 1 aliphatic rings. The monoisotopic (exact) mass is 207 g/mol. The smallest absolute Gasteiger partial charge is 0.225 e. The SMILES string of the molecule is COCc1ccnc(N2CCC(C)C2)n1. The van der Waals surface area contributed by atoms with Crippen LogP contribution in [0, 0.1) is 5.92 Å². The van der Waals surface area contributed by atoms with E-state index in [9.17, 15) is 0 Å². The van der Waals surface area contributed by atoms with Crippen molar-refractivity contribution >= 4 is 5.95 Å². The normalized spacial score (nSPS) is 20.9. The minimum absolute atomic E-state index is 0.554. The van der Waals surface area contributed by atoms with Crippen molar-refractivity contribution in [1.29, 1.82) is 0 Å². The number of hydrogen-bond acceptors (Lipinski definition) is 4. The van der Waals surface area contributed by atoms with Gasteiger partial charge in [-0.1, -0.05) is 6.92 Å². The maximum Gasteiger partial charge on any atom is 0.225 e. The average molecular weight is 207 g/mol. The molecule has 4 heteroatoms. The highest BCUT2D eigenvalue weighted by Crippen LogP contribution is 2.19. The van der Waals surface area contributed by atoms with Gasteiger partial charge in [0.15, 0.2) is 0 Å². The minimum atomic E-state index is 0.554. The summed E-state index contributed by atoms with van der Waals surface area (Å²) in [7, 11) is 1.68. The molecule has 1 unspecified atom stereocenters. The Balaban J connectivity index is 2.10. The molecule has 1 fully saturated rings. The Bertz CT molecular complexity index is 329. The molecule has 1 aliphatic heterocycles. The van der Waals surface area contributed by atoms with Gasteiger partial charge in [-0.25, -0.2) is 9.97 Å². The van der Waals surface area contributed by atoms with Gasteiger partial charge in [0, 0.05) is 26.4 Å². The van der Waals surface area contributed by atoms with Crippen LogP contribution in [0.25, 0.3) is 0 Å². The Hall–Kier alpha value is -1.16. The first kappa shape index (κ1) is 10.4. The summed E-state index contributed by atoms with van der Waals surface area (Å²) >= 11 is 0. The fourth-order valence-corrected chi connectivity index (χ4v) is 1.88. The maximum atomic E-state index is 5.06. The van der Waals surface area contributed by atoms with Crippen LogP contribution in [0.4, 0.5) is 5.95 Å². The highest BCUT2D eigenvalue weighted by molar-refractivity contribution is 5.31. The molecule has 0 aromatic carbocycles. The van der Waals surface area contributed by atoms with Gasteiger partial charge in [0.2, 0.25) is 5.95 Å². The zero-order valence-electron chi connectivity index (χ0n) is 9.31. The molecule has 2 rings (SSSR count). The molecule has 1 saturated heterocycles. The summed E-state index contributed by atoms with van der Waals surface area (Å²) in [5.41, 5.74) is 0.946. The number of hydrogen-bond donors (Lipinski definition) is 0. The van der Waals surface area contributed by atoms with Gasteiger partial charge >= 0.3 is 0 Å². The molecule has 1 atom stereocenters. The van der Waals surface area contributed by atoms with Gasteiger partial charge in [0.05, 0.1) is 12.3 Å². The van der Waals surface area contributed by atoms with Gasteiger partial charge < -0.3 is 9.64 Å². The molecule has 1 aromatic heterocycles. The zero-order chi connectivity index (χ0) is 10.7. The van der Waals surface area contributed by atoms with Gasteiger partial charge in [-0.05, 0) is 18.4 Å². The number of ether oxygens (including phenoxy) is 1. The fraction of sp³-hybridized carbons (Fsp3) is 0.636. The van der Waals surface area contributed by atoms with E-state index in [2.05, 4.69) is 21.8 Å². The summed E-state index contributed by atoms with van der Waals surface area (Å²) in [6.45, 7) is 4.95. The highest BCUT2D eigenvalue weighted by Gasteiger charge is 2.20. The van der Waals surface area contributed by atoms with Crippen LogP contribution in [0.2, 0.25) is 0 Å². The van der Waals surface area contributed by atoms with Crippen LogP contribution in [0.1, 0.15) is 19.0 Å². The second kappa shape index (κ2) is 4.57. The largest absolute Gasteiger partial charge is 0.378 e. The maximum absolute atomic E-state index is 5.06. The first-order valence-electron chi connectivity index (χ1n) is 5.35. The van der Waals surface area contributed by atoms with Crippen molar-refractivity contribution in [3.8, 4) is 0 Å². The Labute approximate surface area is 90.3 Å². The van der Waals surface area contributed by atoms with Crippen LogP contribution in [0.5, 0.6) is 0 Å². The molecule has 2 heterocycles. The summed E-state index contributed by atoms with van der Waals surface area (Å²) < 4.78 is 5.06. The first-order valence-corrected chi connectivity index (χ1v) is 5.35. The van der Waals surface area contributed by atoms with Crippen molar-refractivity contribution in [2.75, 3.05) is 25.1 Å². The van der Waals surface area contributed by atoms with E-state index in [-0.39, 0.29) is 0 Å². The van der Waals surface area contributed by atoms with E-state index < -0.39 is 0 Å². The van der Waals surface area contributed by atoms with Crippen LogP contribution in [0.15, 0.2) is 12.3 Å². The third kappa shape index (κ3) is 2.45. The topological polar surface area (TPSA) is 38.2 Å². The van der Waals surface area contributed by atoms with Gasteiger partial charge in [0.1, 0.15) is 0 Å². The molecule has 0 radical (unpaired) electrons. The van der Waals surface area contributed by atoms with E-state index in [1.54, 1.807) is 13.3 Å². The predicted octanol–water partition coefficient (Wildman–Crippen LogP) is 1.47. The van der Waals surface area contributed by atoms with E-state index in [0.29, 0.717) is 6.61 Å². The third-order valence-electron chi connectivity index (χ3n) is 2.70. The van der Waals surface area contributed by atoms with Crippen LogP contribution in [0.3, 0.4) is 0 Å². The van der Waals surface area contributed by atoms with Crippen LogP contribution in [-0.4, -0.2) is 30.2 Å². The van der Waals surface area contributed by atoms with Crippen molar-refractivity contribution in [2.24, 2.45) is 5.92 Å². The van der Waals surface area contributed by atoms with Crippen molar-refractivity contribution in [3.05, 3.63) is 18.0 Å². The summed E-state index contributed by atoms with van der Waals surface area (Å²) in [6.07, 6.45) is 3.04. The predicted molar refractivity (Wildman–Crippen MR) is 58.7 cm³/mol. The molecule has 0 amide bonds. The number of methoxy groups -OCH3 is 1. The summed E-state index contributed by atoms with van der Waals surface area (Å²) in [4.78, 5) is 11.0. The Morgan fingerprint density at radius 1 is 1.60 bits per heavy atom. The van der Waals surface area contributed by atoms with Gasteiger partial charge in [-0.15, -0.1) is 0 Å². The number of anilines is 1. The fourth-order valence-electron chi connectivity index (χ4n) is 1.88. The van der Waals surface area contributed by atoms with Crippen molar-refractivity contribution < 1.29 is 4.74 Å². The first-order chi connectivity index (χ1) is 7.29. The molecule has 0 bridgehead atoms. The molecule has 1 aromatic rings. The summed E-state index contributed by atoms with van der Waals surface area (Å²) in [5.74, 6) is 1.59. The van der Waals surface area contributed by atoms with E-state index in [1.807, 2.05) is 6.07 Å². The quantitative estimate of drug-likeness (QED) is 0.752. The lowest BCUT2D eigenvalue weighted by Crippen LogP contribution is -2.22. The molecule has 0 N–H and O–H groups in total.